The number of ketones is 1. The molecule has 0 saturated carbocycles. The van der Waals surface area contributed by atoms with Gasteiger partial charge in [0.25, 0.3) is 0 Å². The number of carbonyl (C=O) groups is 1. The van der Waals surface area contributed by atoms with Crippen molar-refractivity contribution in [1.82, 2.24) is 0 Å². The van der Waals surface area contributed by atoms with Crippen LogP contribution in [0.1, 0.15) is 28.4 Å². The molecule has 0 aliphatic heterocycles. The number of aryl methyl sites for hydroxylation is 1. The summed E-state index contributed by atoms with van der Waals surface area (Å²) in [6.07, 6.45) is 0.858. The van der Waals surface area contributed by atoms with E-state index in [-0.39, 0.29) is 5.78 Å². The molecule has 0 atom stereocenters. The van der Waals surface area contributed by atoms with Gasteiger partial charge in [0.2, 0.25) is 0 Å². The maximum absolute atomic E-state index is 12.3. The molecule has 0 saturated heterocycles. The van der Waals surface area contributed by atoms with Crippen LogP contribution >= 0.6 is 0 Å². The van der Waals surface area contributed by atoms with Gasteiger partial charge >= 0.3 is 0 Å². The smallest absolute Gasteiger partial charge is 0.193 e. The minimum absolute atomic E-state index is 0.0578. The number of anilines is 1. The maximum Gasteiger partial charge on any atom is 0.193 e. The molecule has 0 aliphatic rings. The molecule has 17 heavy (non-hydrogen) atoms. The topological polar surface area (TPSA) is 43.1 Å². The number of rotatable bonds is 3. The highest BCUT2D eigenvalue weighted by Gasteiger charge is 2.11. The molecule has 2 rings (SSSR count). The Bertz CT molecular complexity index is 529. The average Bonchev–Trinajstić information content (AvgIpc) is 2.39. The lowest BCUT2D eigenvalue weighted by Crippen LogP contribution is -2.05. The third-order valence-corrected chi connectivity index (χ3v) is 2.82. The van der Waals surface area contributed by atoms with Crippen LogP contribution in [0.2, 0.25) is 0 Å². The van der Waals surface area contributed by atoms with Crippen molar-refractivity contribution in [3.63, 3.8) is 0 Å². The third kappa shape index (κ3) is 2.36. The summed E-state index contributed by atoms with van der Waals surface area (Å²) in [7, 11) is 0. The Morgan fingerprint density at radius 3 is 2.35 bits per heavy atom. The Morgan fingerprint density at radius 1 is 1.06 bits per heavy atom. The lowest BCUT2D eigenvalue weighted by atomic mass is 9.97. The van der Waals surface area contributed by atoms with Gasteiger partial charge in [-0.05, 0) is 36.2 Å². The second-order valence-corrected chi connectivity index (χ2v) is 3.96. The van der Waals surface area contributed by atoms with E-state index in [1.165, 1.54) is 0 Å². The molecular weight excluding hydrogens is 210 g/mol. The fourth-order valence-corrected chi connectivity index (χ4v) is 1.84. The summed E-state index contributed by atoms with van der Waals surface area (Å²) in [4.78, 5) is 12.3. The van der Waals surface area contributed by atoms with E-state index in [9.17, 15) is 4.79 Å². The Morgan fingerprint density at radius 2 is 1.71 bits per heavy atom. The van der Waals surface area contributed by atoms with Gasteiger partial charge in [0, 0.05) is 16.8 Å². The van der Waals surface area contributed by atoms with Gasteiger partial charge in [0.1, 0.15) is 0 Å². The highest BCUT2D eigenvalue weighted by atomic mass is 16.1. The van der Waals surface area contributed by atoms with Crippen LogP contribution in [0.3, 0.4) is 0 Å². The van der Waals surface area contributed by atoms with Crippen molar-refractivity contribution in [2.75, 3.05) is 5.73 Å². The minimum atomic E-state index is 0.0578. The fraction of sp³-hybridized carbons (Fsp3) is 0.133. The normalized spacial score (nSPS) is 10.2. The summed E-state index contributed by atoms with van der Waals surface area (Å²) >= 11 is 0. The van der Waals surface area contributed by atoms with Crippen molar-refractivity contribution < 1.29 is 4.79 Å². The van der Waals surface area contributed by atoms with E-state index < -0.39 is 0 Å². The maximum atomic E-state index is 12.3. The van der Waals surface area contributed by atoms with Crippen molar-refractivity contribution in [1.29, 1.82) is 0 Å². The second kappa shape index (κ2) is 4.83. The molecule has 2 nitrogen and oxygen atoms in total. The first-order valence-corrected chi connectivity index (χ1v) is 5.70. The molecule has 0 spiro atoms. The van der Waals surface area contributed by atoms with Gasteiger partial charge in [0.15, 0.2) is 5.78 Å². The van der Waals surface area contributed by atoms with Gasteiger partial charge in [-0.15, -0.1) is 0 Å². The SMILES string of the molecule is CCc1ccccc1C(=O)c1ccc(N)cc1. The third-order valence-electron chi connectivity index (χ3n) is 2.82. The number of nitrogens with two attached hydrogens (primary N) is 1. The Balaban J connectivity index is 2.40. The van der Waals surface area contributed by atoms with E-state index >= 15 is 0 Å². The Kier molecular flexibility index (Phi) is 3.24. The van der Waals surface area contributed by atoms with E-state index in [1.807, 2.05) is 24.3 Å². The summed E-state index contributed by atoms with van der Waals surface area (Å²) in [5.74, 6) is 0.0578. The van der Waals surface area contributed by atoms with Crippen LogP contribution in [0.15, 0.2) is 48.5 Å². The Hall–Kier alpha value is -2.09. The van der Waals surface area contributed by atoms with Crippen LogP contribution in [0.25, 0.3) is 0 Å². The molecule has 0 fully saturated rings. The zero-order valence-electron chi connectivity index (χ0n) is 9.81. The predicted octanol–water partition coefficient (Wildman–Crippen LogP) is 3.06. The summed E-state index contributed by atoms with van der Waals surface area (Å²) in [6, 6.07) is 14.8. The van der Waals surface area contributed by atoms with E-state index in [0.29, 0.717) is 11.3 Å². The quantitative estimate of drug-likeness (QED) is 0.644. The van der Waals surface area contributed by atoms with Crippen LogP contribution in [-0.4, -0.2) is 5.78 Å². The molecular formula is C15H15NO. The molecule has 2 aromatic rings. The molecule has 0 unspecified atom stereocenters. The van der Waals surface area contributed by atoms with Crippen LogP contribution in [0, 0.1) is 0 Å². The van der Waals surface area contributed by atoms with E-state index in [0.717, 1.165) is 17.5 Å². The van der Waals surface area contributed by atoms with Gasteiger partial charge in [0.05, 0.1) is 0 Å². The lowest BCUT2D eigenvalue weighted by molar-refractivity contribution is 0.103. The number of benzene rings is 2. The number of nitrogen functional groups attached to an aromatic ring is 1. The number of hydrogen-bond donors (Lipinski definition) is 1. The molecule has 0 aromatic heterocycles. The van der Waals surface area contributed by atoms with Gasteiger partial charge in [-0.3, -0.25) is 4.79 Å². The highest BCUT2D eigenvalue weighted by Crippen LogP contribution is 2.16. The van der Waals surface area contributed by atoms with Crippen molar-refractivity contribution in [2.45, 2.75) is 13.3 Å². The van der Waals surface area contributed by atoms with Crippen LogP contribution < -0.4 is 5.73 Å². The van der Waals surface area contributed by atoms with Gasteiger partial charge in [-0.2, -0.15) is 0 Å². The monoisotopic (exact) mass is 225 g/mol. The second-order valence-electron chi connectivity index (χ2n) is 3.96. The summed E-state index contributed by atoms with van der Waals surface area (Å²) < 4.78 is 0. The Labute approximate surface area is 101 Å². The van der Waals surface area contributed by atoms with Gasteiger partial charge in [-0.25, -0.2) is 0 Å². The van der Waals surface area contributed by atoms with Crippen molar-refractivity contribution >= 4 is 11.5 Å². The average molecular weight is 225 g/mol. The molecule has 2 N–H and O–H groups in total. The van der Waals surface area contributed by atoms with Crippen LogP contribution in [0.4, 0.5) is 5.69 Å². The van der Waals surface area contributed by atoms with E-state index in [4.69, 9.17) is 5.73 Å². The van der Waals surface area contributed by atoms with Gasteiger partial charge < -0.3 is 5.73 Å². The van der Waals surface area contributed by atoms with Crippen molar-refractivity contribution in [2.24, 2.45) is 0 Å². The first-order valence-electron chi connectivity index (χ1n) is 5.70. The summed E-state index contributed by atoms with van der Waals surface area (Å²) in [6.45, 7) is 2.05. The summed E-state index contributed by atoms with van der Waals surface area (Å²) in [5, 5.41) is 0. The predicted molar refractivity (Wildman–Crippen MR) is 70.1 cm³/mol. The van der Waals surface area contributed by atoms with Crippen LogP contribution in [-0.2, 0) is 6.42 Å². The largest absolute Gasteiger partial charge is 0.399 e. The van der Waals surface area contributed by atoms with E-state index in [1.54, 1.807) is 24.3 Å². The fourth-order valence-electron chi connectivity index (χ4n) is 1.84. The van der Waals surface area contributed by atoms with Crippen molar-refractivity contribution in [3.8, 4) is 0 Å². The molecule has 0 aliphatic carbocycles. The molecule has 0 heterocycles. The molecule has 0 amide bonds. The number of carbonyl (C=O) groups excluding carboxylic acids is 1. The van der Waals surface area contributed by atoms with Crippen molar-refractivity contribution in [3.05, 3.63) is 65.2 Å². The molecule has 0 bridgehead atoms. The summed E-state index contributed by atoms with van der Waals surface area (Å²) in [5.41, 5.74) is 8.82. The first kappa shape index (κ1) is 11.4. The lowest BCUT2D eigenvalue weighted by Gasteiger charge is -2.06. The van der Waals surface area contributed by atoms with Crippen LogP contribution in [0.5, 0.6) is 0 Å². The van der Waals surface area contributed by atoms with E-state index in [2.05, 4.69) is 6.92 Å². The number of hydrogen-bond acceptors (Lipinski definition) is 2. The first-order chi connectivity index (χ1) is 8.22. The minimum Gasteiger partial charge on any atom is -0.399 e. The zero-order chi connectivity index (χ0) is 12.3. The van der Waals surface area contributed by atoms with Gasteiger partial charge in [-0.1, -0.05) is 31.2 Å². The standard InChI is InChI=1S/C15H15NO/c1-2-11-5-3-4-6-14(11)15(17)12-7-9-13(16)10-8-12/h3-10H,2,16H2,1H3. The highest BCUT2D eigenvalue weighted by molar-refractivity contribution is 6.10. The molecule has 2 heteroatoms. The molecule has 2 aromatic carbocycles. The zero-order valence-corrected chi connectivity index (χ0v) is 9.81. The molecule has 86 valence electrons. The molecule has 0 radical (unpaired) electrons.